The van der Waals surface area contributed by atoms with Crippen LogP contribution >= 0.6 is 11.6 Å². The summed E-state index contributed by atoms with van der Waals surface area (Å²) < 4.78 is 39.3. The van der Waals surface area contributed by atoms with Crippen LogP contribution in [-0.4, -0.2) is 5.91 Å². The topological polar surface area (TPSA) is 55.1 Å². The van der Waals surface area contributed by atoms with Gasteiger partial charge in [0, 0.05) is 17.1 Å². The Morgan fingerprint density at radius 2 is 1.86 bits per heavy atom. The standard InChI is InChI=1S/C14H10ClF3N2O/c15-9-5-7(14(19)21)1-2-8(9)6-20-11-4-3-10(16)12(17)13(11)18/h1-5,20H,6H2,(H2,19,21). The molecule has 110 valence electrons. The molecule has 0 aromatic heterocycles. The lowest BCUT2D eigenvalue weighted by Crippen LogP contribution is -2.11. The molecule has 0 unspecified atom stereocenters. The van der Waals surface area contributed by atoms with Crippen LogP contribution in [0.4, 0.5) is 18.9 Å². The Bertz CT molecular complexity index is 707. The third-order valence-electron chi connectivity index (χ3n) is 2.84. The van der Waals surface area contributed by atoms with Crippen molar-refractivity contribution >= 4 is 23.2 Å². The number of carbonyl (C=O) groups is 1. The molecule has 2 aromatic rings. The molecular formula is C14H10ClF3N2O. The fraction of sp³-hybridized carbons (Fsp3) is 0.0714. The van der Waals surface area contributed by atoms with E-state index in [2.05, 4.69) is 5.32 Å². The Balaban J connectivity index is 2.17. The van der Waals surface area contributed by atoms with Crippen molar-refractivity contribution in [2.75, 3.05) is 5.32 Å². The van der Waals surface area contributed by atoms with Gasteiger partial charge < -0.3 is 11.1 Å². The summed E-state index contributed by atoms with van der Waals surface area (Å²) in [5, 5.41) is 2.86. The molecule has 0 spiro atoms. The number of amides is 1. The first-order valence-electron chi connectivity index (χ1n) is 5.85. The molecule has 0 bridgehead atoms. The average molecular weight is 315 g/mol. The molecule has 3 N–H and O–H groups in total. The summed E-state index contributed by atoms with van der Waals surface area (Å²) in [6.07, 6.45) is 0. The van der Waals surface area contributed by atoms with Gasteiger partial charge >= 0.3 is 0 Å². The van der Waals surface area contributed by atoms with Crippen LogP contribution in [0.25, 0.3) is 0 Å². The molecule has 2 rings (SSSR count). The predicted molar refractivity (Wildman–Crippen MR) is 73.6 cm³/mol. The Kier molecular flexibility index (Phi) is 4.37. The second-order valence-electron chi connectivity index (χ2n) is 4.25. The van der Waals surface area contributed by atoms with Crippen molar-refractivity contribution < 1.29 is 18.0 Å². The number of hydrogen-bond acceptors (Lipinski definition) is 2. The summed E-state index contributed by atoms with van der Waals surface area (Å²) in [6.45, 7) is 0.0693. The maximum absolute atomic E-state index is 13.5. The number of rotatable bonds is 4. The van der Waals surface area contributed by atoms with E-state index in [0.29, 0.717) is 5.56 Å². The van der Waals surface area contributed by atoms with Crippen LogP contribution in [0.2, 0.25) is 5.02 Å². The van der Waals surface area contributed by atoms with Gasteiger partial charge in [-0.3, -0.25) is 4.79 Å². The number of benzene rings is 2. The molecule has 21 heavy (non-hydrogen) atoms. The molecular weight excluding hydrogens is 305 g/mol. The van der Waals surface area contributed by atoms with Crippen molar-refractivity contribution in [3.05, 3.63) is 63.9 Å². The number of primary amides is 1. The molecule has 0 saturated heterocycles. The third kappa shape index (κ3) is 3.28. The molecule has 2 aromatic carbocycles. The summed E-state index contributed by atoms with van der Waals surface area (Å²) >= 11 is 5.96. The second kappa shape index (κ2) is 6.05. The lowest BCUT2D eigenvalue weighted by molar-refractivity contribution is 0.100. The monoisotopic (exact) mass is 314 g/mol. The van der Waals surface area contributed by atoms with Crippen molar-refractivity contribution in [3.63, 3.8) is 0 Å². The maximum Gasteiger partial charge on any atom is 0.248 e. The van der Waals surface area contributed by atoms with Crippen molar-refractivity contribution in [3.8, 4) is 0 Å². The Hall–Kier alpha value is -2.21. The summed E-state index contributed by atoms with van der Waals surface area (Å²) in [7, 11) is 0. The summed E-state index contributed by atoms with van der Waals surface area (Å²) in [5.74, 6) is -4.74. The molecule has 0 fully saturated rings. The minimum absolute atomic E-state index is 0.0693. The van der Waals surface area contributed by atoms with Crippen LogP contribution in [0.1, 0.15) is 15.9 Å². The SMILES string of the molecule is NC(=O)c1ccc(CNc2ccc(F)c(F)c2F)c(Cl)c1. The molecule has 1 amide bonds. The molecule has 0 radical (unpaired) electrons. The number of hydrogen-bond donors (Lipinski definition) is 2. The van der Waals surface area contributed by atoms with Gasteiger partial charge in [-0.1, -0.05) is 17.7 Å². The normalized spacial score (nSPS) is 10.5. The van der Waals surface area contributed by atoms with Crippen molar-refractivity contribution in [1.29, 1.82) is 0 Å². The van der Waals surface area contributed by atoms with Crippen LogP contribution < -0.4 is 11.1 Å². The minimum atomic E-state index is -1.55. The van der Waals surface area contributed by atoms with Crippen LogP contribution in [0.5, 0.6) is 0 Å². The smallest absolute Gasteiger partial charge is 0.248 e. The minimum Gasteiger partial charge on any atom is -0.378 e. The molecule has 0 aliphatic carbocycles. The van der Waals surface area contributed by atoms with Gasteiger partial charge in [-0.15, -0.1) is 0 Å². The molecule has 0 aliphatic heterocycles. The Labute approximate surface area is 123 Å². The predicted octanol–water partition coefficient (Wildman–Crippen LogP) is 3.47. The highest BCUT2D eigenvalue weighted by Crippen LogP contribution is 2.22. The first-order valence-corrected chi connectivity index (χ1v) is 6.23. The number of anilines is 1. The first-order chi connectivity index (χ1) is 9.90. The van der Waals surface area contributed by atoms with Gasteiger partial charge in [0.2, 0.25) is 5.91 Å². The van der Waals surface area contributed by atoms with Gasteiger partial charge in [0.1, 0.15) is 0 Å². The highest BCUT2D eigenvalue weighted by molar-refractivity contribution is 6.31. The number of halogens is 4. The largest absolute Gasteiger partial charge is 0.378 e. The molecule has 0 heterocycles. The Morgan fingerprint density at radius 1 is 1.14 bits per heavy atom. The van der Waals surface area contributed by atoms with E-state index in [1.807, 2.05) is 0 Å². The lowest BCUT2D eigenvalue weighted by atomic mass is 10.1. The van der Waals surface area contributed by atoms with Crippen LogP contribution in [0.3, 0.4) is 0 Å². The maximum atomic E-state index is 13.5. The zero-order valence-electron chi connectivity index (χ0n) is 10.6. The number of carbonyl (C=O) groups excluding carboxylic acids is 1. The van der Waals surface area contributed by atoms with E-state index in [-0.39, 0.29) is 22.8 Å². The summed E-state index contributed by atoms with van der Waals surface area (Å²) in [4.78, 5) is 11.0. The Morgan fingerprint density at radius 3 is 2.48 bits per heavy atom. The van der Waals surface area contributed by atoms with Gasteiger partial charge in [-0.25, -0.2) is 13.2 Å². The van der Waals surface area contributed by atoms with E-state index in [0.717, 1.165) is 12.1 Å². The van der Waals surface area contributed by atoms with E-state index < -0.39 is 23.4 Å². The molecule has 7 heteroatoms. The van der Waals surface area contributed by atoms with Gasteiger partial charge in [0.25, 0.3) is 0 Å². The van der Waals surface area contributed by atoms with E-state index >= 15 is 0 Å². The van der Waals surface area contributed by atoms with E-state index in [9.17, 15) is 18.0 Å². The highest BCUT2D eigenvalue weighted by atomic mass is 35.5. The number of nitrogens with one attached hydrogen (secondary N) is 1. The van der Waals surface area contributed by atoms with Crippen LogP contribution in [0.15, 0.2) is 30.3 Å². The summed E-state index contributed by atoms with van der Waals surface area (Å²) in [6, 6.07) is 6.28. The summed E-state index contributed by atoms with van der Waals surface area (Å²) in [5.41, 5.74) is 5.70. The molecule has 0 atom stereocenters. The zero-order valence-corrected chi connectivity index (χ0v) is 11.3. The second-order valence-corrected chi connectivity index (χ2v) is 4.65. The van der Waals surface area contributed by atoms with Crippen LogP contribution in [0, 0.1) is 17.5 Å². The van der Waals surface area contributed by atoms with Gasteiger partial charge in [0.15, 0.2) is 17.5 Å². The van der Waals surface area contributed by atoms with Crippen molar-refractivity contribution in [1.82, 2.24) is 0 Å². The van der Waals surface area contributed by atoms with Gasteiger partial charge in [0.05, 0.1) is 5.69 Å². The van der Waals surface area contributed by atoms with Crippen LogP contribution in [-0.2, 0) is 6.54 Å². The highest BCUT2D eigenvalue weighted by Gasteiger charge is 2.13. The van der Waals surface area contributed by atoms with E-state index in [1.54, 1.807) is 0 Å². The van der Waals surface area contributed by atoms with Crippen molar-refractivity contribution in [2.45, 2.75) is 6.54 Å². The molecule has 0 saturated carbocycles. The van der Waals surface area contributed by atoms with E-state index in [1.165, 1.54) is 18.2 Å². The molecule has 3 nitrogen and oxygen atoms in total. The fourth-order valence-electron chi connectivity index (χ4n) is 1.70. The van der Waals surface area contributed by atoms with Crippen molar-refractivity contribution in [2.24, 2.45) is 5.73 Å². The third-order valence-corrected chi connectivity index (χ3v) is 3.19. The first kappa shape index (κ1) is 15.2. The van der Waals surface area contributed by atoms with Gasteiger partial charge in [-0.2, -0.15) is 0 Å². The fourth-order valence-corrected chi connectivity index (χ4v) is 1.94. The lowest BCUT2D eigenvalue weighted by Gasteiger charge is -2.10. The number of nitrogens with two attached hydrogens (primary N) is 1. The van der Waals surface area contributed by atoms with E-state index in [4.69, 9.17) is 17.3 Å². The zero-order chi connectivity index (χ0) is 15.6. The van der Waals surface area contributed by atoms with Gasteiger partial charge in [-0.05, 0) is 29.8 Å². The quantitative estimate of drug-likeness (QED) is 0.849. The molecule has 0 aliphatic rings. The average Bonchev–Trinajstić information content (AvgIpc) is 2.45.